The van der Waals surface area contributed by atoms with E-state index in [9.17, 15) is 9.59 Å². The van der Waals surface area contributed by atoms with Crippen LogP contribution >= 0.6 is 0 Å². The molecule has 0 aliphatic heterocycles. The summed E-state index contributed by atoms with van der Waals surface area (Å²) in [6, 6.07) is 5.99. The molecule has 0 bridgehead atoms. The monoisotopic (exact) mass is 370 g/mol. The van der Waals surface area contributed by atoms with E-state index in [4.69, 9.17) is 4.74 Å². The summed E-state index contributed by atoms with van der Waals surface area (Å²) in [6.07, 6.45) is 0.168. The second kappa shape index (κ2) is 7.06. The third-order valence-electron chi connectivity index (χ3n) is 4.33. The molecule has 0 aliphatic rings. The molecule has 0 radical (unpaired) electrons. The number of nitrogens with zero attached hydrogens (tertiary/aromatic N) is 2. The van der Waals surface area contributed by atoms with Crippen molar-refractivity contribution in [3.8, 4) is 0 Å². The first-order chi connectivity index (χ1) is 12.7. The summed E-state index contributed by atoms with van der Waals surface area (Å²) < 4.78 is 6.99. The second-order valence-electron chi connectivity index (χ2n) is 7.83. The fourth-order valence-corrected chi connectivity index (χ4v) is 3.17. The lowest BCUT2D eigenvalue weighted by Crippen LogP contribution is -2.33. The third kappa shape index (κ3) is 3.97. The number of pyridine rings is 1. The average Bonchev–Trinajstić information content (AvgIpc) is 2.95. The zero-order valence-electron chi connectivity index (χ0n) is 16.5. The van der Waals surface area contributed by atoms with Gasteiger partial charge in [0.15, 0.2) is 0 Å². The molecule has 2 N–H and O–H groups in total. The first-order valence-corrected chi connectivity index (χ1v) is 9.12. The predicted molar refractivity (Wildman–Crippen MR) is 106 cm³/mol. The highest BCUT2D eigenvalue weighted by atomic mass is 16.6. The molecule has 3 aromatic rings. The number of fused-ring (bicyclic) bond motifs is 3. The number of nitrogens with one attached hydrogen (secondary N) is 2. The molecule has 7 nitrogen and oxygen atoms in total. The number of hydrogen-bond donors (Lipinski definition) is 2. The van der Waals surface area contributed by atoms with E-state index < -0.39 is 11.7 Å². The molecule has 0 fully saturated rings. The number of hydrogen-bond acceptors (Lipinski definition) is 4. The van der Waals surface area contributed by atoms with Crippen LogP contribution in [0.25, 0.3) is 21.8 Å². The molecule has 2 heterocycles. The summed E-state index contributed by atoms with van der Waals surface area (Å²) in [6.45, 7) is 10.3. The van der Waals surface area contributed by atoms with Crippen LogP contribution < -0.4 is 10.9 Å². The van der Waals surface area contributed by atoms with Crippen LogP contribution in [0.2, 0.25) is 0 Å². The van der Waals surface area contributed by atoms with E-state index in [0.717, 1.165) is 22.2 Å². The fourth-order valence-electron chi connectivity index (χ4n) is 3.17. The Labute approximate surface area is 157 Å². The van der Waals surface area contributed by atoms with Gasteiger partial charge < -0.3 is 14.6 Å². The number of alkyl carbamates (subject to hydrolysis) is 1. The number of H-pyrrole nitrogens is 1. The lowest BCUT2D eigenvalue weighted by atomic mass is 10.1. The maximum atomic E-state index is 13.0. The Morgan fingerprint density at radius 1 is 1.30 bits per heavy atom. The van der Waals surface area contributed by atoms with Crippen molar-refractivity contribution in [3.05, 3.63) is 39.8 Å². The van der Waals surface area contributed by atoms with Gasteiger partial charge in [0.2, 0.25) is 0 Å². The molecule has 2 aromatic heterocycles. The van der Waals surface area contributed by atoms with Crippen LogP contribution in [0.3, 0.4) is 0 Å². The van der Waals surface area contributed by atoms with Gasteiger partial charge in [0.05, 0.1) is 10.9 Å². The van der Waals surface area contributed by atoms with E-state index >= 15 is 0 Å². The Hall–Kier alpha value is -2.83. The highest BCUT2D eigenvalue weighted by Crippen LogP contribution is 2.24. The molecular weight excluding hydrogens is 344 g/mol. The molecule has 0 spiro atoms. The van der Waals surface area contributed by atoms with E-state index in [-0.39, 0.29) is 5.56 Å². The van der Waals surface area contributed by atoms with Gasteiger partial charge in [0, 0.05) is 24.2 Å². The maximum absolute atomic E-state index is 13.0. The van der Waals surface area contributed by atoms with Crippen molar-refractivity contribution in [1.29, 1.82) is 0 Å². The van der Waals surface area contributed by atoms with Crippen molar-refractivity contribution < 1.29 is 9.53 Å². The summed E-state index contributed by atoms with van der Waals surface area (Å²) >= 11 is 0. The number of aromatic amines is 1. The van der Waals surface area contributed by atoms with E-state index in [1.54, 1.807) is 4.57 Å². The van der Waals surface area contributed by atoms with Gasteiger partial charge in [0.25, 0.3) is 5.56 Å². The van der Waals surface area contributed by atoms with Crippen molar-refractivity contribution >= 4 is 27.9 Å². The molecular formula is C20H26N4O3. The van der Waals surface area contributed by atoms with Gasteiger partial charge in [-0.25, -0.2) is 4.79 Å². The van der Waals surface area contributed by atoms with Crippen LogP contribution in [0.5, 0.6) is 0 Å². The number of ether oxygens (including phenoxy) is 1. The molecule has 3 rings (SSSR count). The number of amides is 1. The predicted octanol–water partition coefficient (Wildman–Crippen LogP) is 3.41. The van der Waals surface area contributed by atoms with Gasteiger partial charge in [-0.1, -0.05) is 11.6 Å². The van der Waals surface area contributed by atoms with Crippen LogP contribution in [0.4, 0.5) is 4.79 Å². The number of benzene rings is 1. The summed E-state index contributed by atoms with van der Waals surface area (Å²) in [7, 11) is 0. The number of aromatic nitrogens is 3. The smallest absolute Gasteiger partial charge is 0.407 e. The second-order valence-corrected chi connectivity index (χ2v) is 7.83. The Balaban J connectivity index is 1.85. The minimum absolute atomic E-state index is 0.0649. The SMILES string of the molecule is Cc1ccc2c(c1)c1n[nH]c(C)c1c(=O)n2CCCNC(=O)OC(C)(C)C. The van der Waals surface area contributed by atoms with E-state index in [1.165, 1.54) is 0 Å². The third-order valence-corrected chi connectivity index (χ3v) is 4.33. The summed E-state index contributed by atoms with van der Waals surface area (Å²) in [4.78, 5) is 24.8. The summed E-state index contributed by atoms with van der Waals surface area (Å²) in [5.74, 6) is 0. The van der Waals surface area contributed by atoms with Crippen molar-refractivity contribution in [2.45, 2.75) is 53.2 Å². The average molecular weight is 370 g/mol. The molecule has 0 saturated heterocycles. The van der Waals surface area contributed by atoms with Gasteiger partial charge in [-0.15, -0.1) is 0 Å². The zero-order chi connectivity index (χ0) is 19.8. The molecule has 0 unspecified atom stereocenters. The van der Waals surface area contributed by atoms with Crippen LogP contribution in [-0.4, -0.2) is 33.0 Å². The molecule has 27 heavy (non-hydrogen) atoms. The number of aryl methyl sites for hydroxylation is 3. The van der Waals surface area contributed by atoms with Crippen LogP contribution in [0.15, 0.2) is 23.0 Å². The quantitative estimate of drug-likeness (QED) is 0.689. The lowest BCUT2D eigenvalue weighted by molar-refractivity contribution is 0.0526. The number of carbonyl (C=O) groups excluding carboxylic acids is 1. The van der Waals surface area contributed by atoms with E-state index in [1.807, 2.05) is 52.8 Å². The molecule has 144 valence electrons. The largest absolute Gasteiger partial charge is 0.444 e. The zero-order valence-corrected chi connectivity index (χ0v) is 16.5. The fraction of sp³-hybridized carbons (Fsp3) is 0.450. The Kier molecular flexibility index (Phi) is 4.95. The standard InChI is InChI=1S/C20H26N4O3/c1-12-7-8-15-14(11-12)17-16(13(2)22-23-17)18(25)24(15)10-6-9-21-19(26)27-20(3,4)5/h7-8,11H,6,9-10H2,1-5H3,(H,21,26)(H,22,23). The van der Waals surface area contributed by atoms with Crippen molar-refractivity contribution in [3.63, 3.8) is 0 Å². The van der Waals surface area contributed by atoms with Crippen LogP contribution in [0.1, 0.15) is 38.4 Å². The lowest BCUT2D eigenvalue weighted by Gasteiger charge is -2.19. The van der Waals surface area contributed by atoms with E-state index in [2.05, 4.69) is 15.5 Å². The normalized spacial score (nSPS) is 11.9. The van der Waals surface area contributed by atoms with E-state index in [0.29, 0.717) is 30.4 Å². The van der Waals surface area contributed by atoms with Gasteiger partial charge in [-0.2, -0.15) is 5.10 Å². The molecule has 7 heteroatoms. The molecule has 1 aromatic carbocycles. The molecule has 0 aliphatic carbocycles. The van der Waals surface area contributed by atoms with Crippen molar-refractivity contribution in [2.24, 2.45) is 0 Å². The summed E-state index contributed by atoms with van der Waals surface area (Å²) in [5.41, 5.74) is 2.84. The Bertz CT molecular complexity index is 1060. The first-order valence-electron chi connectivity index (χ1n) is 9.12. The van der Waals surface area contributed by atoms with Gasteiger partial charge >= 0.3 is 6.09 Å². The molecule has 0 saturated carbocycles. The van der Waals surface area contributed by atoms with Crippen molar-refractivity contribution in [1.82, 2.24) is 20.1 Å². The van der Waals surface area contributed by atoms with Crippen molar-refractivity contribution in [2.75, 3.05) is 6.54 Å². The maximum Gasteiger partial charge on any atom is 0.407 e. The highest BCUT2D eigenvalue weighted by Gasteiger charge is 2.17. The molecule has 0 atom stereocenters. The van der Waals surface area contributed by atoms with Gasteiger partial charge in [-0.3, -0.25) is 9.89 Å². The van der Waals surface area contributed by atoms with Crippen LogP contribution in [0, 0.1) is 13.8 Å². The van der Waals surface area contributed by atoms with Gasteiger partial charge in [0.1, 0.15) is 11.1 Å². The summed E-state index contributed by atoms with van der Waals surface area (Å²) in [5, 5.41) is 11.6. The Morgan fingerprint density at radius 3 is 2.74 bits per heavy atom. The minimum Gasteiger partial charge on any atom is -0.444 e. The molecule has 1 amide bonds. The minimum atomic E-state index is -0.529. The Morgan fingerprint density at radius 2 is 2.04 bits per heavy atom. The highest BCUT2D eigenvalue weighted by molar-refractivity contribution is 6.04. The van der Waals surface area contributed by atoms with Crippen LogP contribution in [-0.2, 0) is 11.3 Å². The number of carbonyl (C=O) groups is 1. The topological polar surface area (TPSA) is 89.0 Å². The van der Waals surface area contributed by atoms with Gasteiger partial charge in [-0.05, 0) is 53.2 Å². The first kappa shape index (κ1) is 18.9. The number of rotatable bonds is 4.